The van der Waals surface area contributed by atoms with Crippen LogP contribution in [-0.4, -0.2) is 5.97 Å². The Morgan fingerprint density at radius 1 is 1.17 bits per heavy atom. The molecule has 0 saturated heterocycles. The molecule has 96 valence electrons. The van der Waals surface area contributed by atoms with E-state index in [4.69, 9.17) is 9.15 Å². The minimum Gasteiger partial charge on any atom is -0.469 e. The Labute approximate surface area is 106 Å². The SMILES string of the molecule is O=C(Oc1ccoc1)C12CC3CC(CC(C3)C1)C2. The van der Waals surface area contributed by atoms with Crippen molar-refractivity contribution in [2.45, 2.75) is 38.5 Å². The molecule has 4 aliphatic carbocycles. The number of esters is 1. The summed E-state index contributed by atoms with van der Waals surface area (Å²) in [6.45, 7) is 0. The summed E-state index contributed by atoms with van der Waals surface area (Å²) in [6, 6.07) is 1.71. The van der Waals surface area contributed by atoms with Gasteiger partial charge < -0.3 is 9.15 Å². The molecule has 0 atom stereocenters. The lowest BCUT2D eigenvalue weighted by Gasteiger charge is -2.55. The lowest BCUT2D eigenvalue weighted by atomic mass is 9.49. The topological polar surface area (TPSA) is 39.4 Å². The predicted molar refractivity (Wildman–Crippen MR) is 64.9 cm³/mol. The van der Waals surface area contributed by atoms with Crippen LogP contribution in [0.1, 0.15) is 38.5 Å². The third-order valence-corrected chi connectivity index (χ3v) is 5.18. The highest BCUT2D eigenvalue weighted by molar-refractivity contribution is 5.79. The van der Waals surface area contributed by atoms with Crippen LogP contribution in [0.15, 0.2) is 23.0 Å². The third kappa shape index (κ3) is 1.53. The maximum absolute atomic E-state index is 12.5. The molecule has 4 fully saturated rings. The van der Waals surface area contributed by atoms with Crippen LogP contribution in [0.25, 0.3) is 0 Å². The summed E-state index contributed by atoms with van der Waals surface area (Å²) in [7, 11) is 0. The van der Waals surface area contributed by atoms with Crippen LogP contribution in [0.5, 0.6) is 5.75 Å². The molecule has 4 aliphatic rings. The van der Waals surface area contributed by atoms with Gasteiger partial charge in [0.05, 0.1) is 11.7 Å². The zero-order chi connectivity index (χ0) is 12.2. The summed E-state index contributed by atoms with van der Waals surface area (Å²) >= 11 is 0. The number of hydrogen-bond donors (Lipinski definition) is 0. The Balaban J connectivity index is 1.58. The van der Waals surface area contributed by atoms with Crippen LogP contribution < -0.4 is 4.74 Å². The molecule has 3 heteroatoms. The first-order valence-corrected chi connectivity index (χ1v) is 6.98. The average Bonchev–Trinajstić information content (AvgIpc) is 2.79. The molecule has 18 heavy (non-hydrogen) atoms. The number of rotatable bonds is 2. The molecule has 0 radical (unpaired) electrons. The zero-order valence-electron chi connectivity index (χ0n) is 10.4. The maximum atomic E-state index is 12.5. The van der Waals surface area contributed by atoms with E-state index in [1.54, 1.807) is 12.3 Å². The van der Waals surface area contributed by atoms with E-state index in [0.717, 1.165) is 37.0 Å². The van der Waals surface area contributed by atoms with Gasteiger partial charge in [0.15, 0.2) is 5.75 Å². The van der Waals surface area contributed by atoms with E-state index in [2.05, 4.69) is 0 Å². The van der Waals surface area contributed by atoms with Gasteiger partial charge in [-0.3, -0.25) is 4.79 Å². The maximum Gasteiger partial charge on any atom is 0.317 e. The van der Waals surface area contributed by atoms with E-state index < -0.39 is 0 Å². The summed E-state index contributed by atoms with van der Waals surface area (Å²) in [6.07, 6.45) is 10.2. The van der Waals surface area contributed by atoms with Crippen LogP contribution in [0.3, 0.4) is 0 Å². The number of hydrogen-bond acceptors (Lipinski definition) is 3. The van der Waals surface area contributed by atoms with E-state index in [0.29, 0.717) is 5.75 Å². The molecule has 0 N–H and O–H groups in total. The van der Waals surface area contributed by atoms with Crippen LogP contribution in [-0.2, 0) is 4.79 Å². The molecular weight excluding hydrogens is 228 g/mol. The van der Waals surface area contributed by atoms with Gasteiger partial charge in [-0.2, -0.15) is 0 Å². The summed E-state index contributed by atoms with van der Waals surface area (Å²) in [5.74, 6) is 2.85. The first kappa shape index (κ1) is 10.7. The summed E-state index contributed by atoms with van der Waals surface area (Å²) in [5, 5.41) is 0. The summed E-state index contributed by atoms with van der Waals surface area (Å²) in [4.78, 5) is 12.5. The first-order chi connectivity index (χ1) is 8.73. The molecule has 4 bridgehead atoms. The highest BCUT2D eigenvalue weighted by atomic mass is 16.5. The second-order valence-corrected chi connectivity index (χ2v) is 6.55. The van der Waals surface area contributed by atoms with E-state index in [1.807, 2.05) is 0 Å². The molecule has 0 spiro atoms. The van der Waals surface area contributed by atoms with Crippen molar-refractivity contribution in [3.05, 3.63) is 18.6 Å². The number of carbonyl (C=O) groups excluding carboxylic acids is 1. The molecule has 0 unspecified atom stereocenters. The van der Waals surface area contributed by atoms with Crippen LogP contribution >= 0.6 is 0 Å². The summed E-state index contributed by atoms with van der Waals surface area (Å²) < 4.78 is 10.5. The second-order valence-electron chi connectivity index (χ2n) is 6.55. The quantitative estimate of drug-likeness (QED) is 0.751. The van der Waals surface area contributed by atoms with Crippen molar-refractivity contribution in [2.75, 3.05) is 0 Å². The van der Waals surface area contributed by atoms with Crippen LogP contribution in [0.2, 0.25) is 0 Å². The molecule has 4 saturated carbocycles. The van der Waals surface area contributed by atoms with E-state index in [9.17, 15) is 4.79 Å². The Kier molecular flexibility index (Phi) is 2.14. The zero-order valence-corrected chi connectivity index (χ0v) is 10.4. The first-order valence-electron chi connectivity index (χ1n) is 6.98. The minimum atomic E-state index is -0.175. The molecular formula is C15H18O3. The molecule has 5 rings (SSSR count). The van der Waals surface area contributed by atoms with E-state index in [-0.39, 0.29) is 11.4 Å². The Morgan fingerprint density at radius 3 is 2.28 bits per heavy atom. The lowest BCUT2D eigenvalue weighted by Crippen LogP contribution is -2.51. The van der Waals surface area contributed by atoms with Gasteiger partial charge in [-0.1, -0.05) is 0 Å². The Bertz CT molecular complexity index is 425. The molecule has 0 amide bonds. The molecule has 1 aromatic rings. The molecule has 1 heterocycles. The number of ether oxygens (including phenoxy) is 1. The van der Waals surface area contributed by atoms with Crippen molar-refractivity contribution in [1.29, 1.82) is 0 Å². The van der Waals surface area contributed by atoms with Gasteiger partial charge in [0, 0.05) is 6.07 Å². The van der Waals surface area contributed by atoms with Crippen molar-refractivity contribution in [2.24, 2.45) is 23.2 Å². The third-order valence-electron chi connectivity index (χ3n) is 5.18. The number of carbonyl (C=O) groups is 1. The monoisotopic (exact) mass is 246 g/mol. The van der Waals surface area contributed by atoms with Gasteiger partial charge in [-0.15, -0.1) is 0 Å². The standard InChI is InChI=1S/C15H18O3/c16-14(18-13-1-2-17-9-13)15-6-10-3-11(7-15)5-12(4-10)8-15/h1-2,9-12H,3-8H2. The molecule has 3 nitrogen and oxygen atoms in total. The molecule has 1 aromatic heterocycles. The minimum absolute atomic E-state index is 0.0111. The van der Waals surface area contributed by atoms with E-state index in [1.165, 1.54) is 25.5 Å². The highest BCUT2D eigenvalue weighted by Crippen LogP contribution is 2.60. The van der Waals surface area contributed by atoms with Crippen LogP contribution in [0, 0.1) is 23.2 Å². The van der Waals surface area contributed by atoms with Crippen LogP contribution in [0.4, 0.5) is 0 Å². The van der Waals surface area contributed by atoms with Crippen molar-refractivity contribution in [3.63, 3.8) is 0 Å². The predicted octanol–water partition coefficient (Wildman–Crippen LogP) is 3.40. The van der Waals surface area contributed by atoms with Gasteiger partial charge in [0.25, 0.3) is 0 Å². The van der Waals surface area contributed by atoms with Gasteiger partial charge in [-0.25, -0.2) is 0 Å². The number of furan rings is 1. The van der Waals surface area contributed by atoms with Gasteiger partial charge in [0.2, 0.25) is 0 Å². The second kappa shape index (κ2) is 3.62. The normalized spacial score (nSPS) is 41.0. The fourth-order valence-corrected chi connectivity index (χ4v) is 4.89. The van der Waals surface area contributed by atoms with Gasteiger partial charge in [0.1, 0.15) is 6.26 Å². The van der Waals surface area contributed by atoms with Gasteiger partial charge in [-0.05, 0) is 56.3 Å². The van der Waals surface area contributed by atoms with Crippen molar-refractivity contribution in [3.8, 4) is 5.75 Å². The Hall–Kier alpha value is -1.25. The molecule has 0 aromatic carbocycles. The van der Waals surface area contributed by atoms with Crippen molar-refractivity contribution in [1.82, 2.24) is 0 Å². The van der Waals surface area contributed by atoms with Crippen molar-refractivity contribution < 1.29 is 13.9 Å². The fraction of sp³-hybridized carbons (Fsp3) is 0.667. The fourth-order valence-electron chi connectivity index (χ4n) is 4.89. The van der Waals surface area contributed by atoms with E-state index >= 15 is 0 Å². The smallest absolute Gasteiger partial charge is 0.317 e. The largest absolute Gasteiger partial charge is 0.469 e. The Morgan fingerprint density at radius 2 is 1.78 bits per heavy atom. The van der Waals surface area contributed by atoms with Crippen molar-refractivity contribution >= 4 is 5.97 Å². The summed E-state index contributed by atoms with van der Waals surface area (Å²) in [5.41, 5.74) is -0.175. The average molecular weight is 246 g/mol. The highest BCUT2D eigenvalue weighted by Gasteiger charge is 2.55. The van der Waals surface area contributed by atoms with Gasteiger partial charge >= 0.3 is 5.97 Å². The lowest BCUT2D eigenvalue weighted by molar-refractivity contribution is -0.161. The molecule has 0 aliphatic heterocycles.